The van der Waals surface area contributed by atoms with E-state index in [0.29, 0.717) is 24.9 Å². The number of carbonyl (C=O) groups excluding carboxylic acids is 1. The number of hydrogen-bond acceptors (Lipinski definition) is 2. The minimum atomic E-state index is -0.932. The van der Waals surface area contributed by atoms with Gasteiger partial charge < -0.3 is 14.9 Å². The van der Waals surface area contributed by atoms with E-state index >= 15 is 0 Å². The van der Waals surface area contributed by atoms with Crippen LogP contribution in [0.15, 0.2) is 0 Å². The minimum absolute atomic E-state index is 0.105. The van der Waals surface area contributed by atoms with Gasteiger partial charge in [-0.3, -0.25) is 4.79 Å². The molecule has 1 fully saturated rings. The van der Waals surface area contributed by atoms with Crippen LogP contribution in [0.4, 0.5) is 4.79 Å². The van der Waals surface area contributed by atoms with Gasteiger partial charge in [0.05, 0.1) is 0 Å². The molecule has 1 aliphatic carbocycles. The second kappa shape index (κ2) is 8.25. The van der Waals surface area contributed by atoms with Gasteiger partial charge in [0, 0.05) is 19.1 Å². The zero-order valence-corrected chi connectivity index (χ0v) is 13.8. The highest BCUT2D eigenvalue weighted by Gasteiger charge is 2.32. The second-order valence-electron chi connectivity index (χ2n) is 6.52. The van der Waals surface area contributed by atoms with Crippen molar-refractivity contribution in [2.45, 2.75) is 59.4 Å². The van der Waals surface area contributed by atoms with Crippen molar-refractivity contribution < 1.29 is 14.7 Å². The standard InChI is InChI=1S/C16H30N2O3/c1-5-14(6-2)18(9-12(3)4)16(21)17(11-15(19)20)10-13-7-8-13/h12-14H,5-11H2,1-4H3,(H,19,20). The molecule has 1 aliphatic rings. The molecule has 0 aliphatic heterocycles. The molecule has 0 radical (unpaired) electrons. The summed E-state index contributed by atoms with van der Waals surface area (Å²) < 4.78 is 0. The van der Waals surface area contributed by atoms with Gasteiger partial charge in [0.2, 0.25) is 0 Å². The quantitative estimate of drug-likeness (QED) is 0.711. The highest BCUT2D eigenvalue weighted by molar-refractivity contribution is 5.80. The summed E-state index contributed by atoms with van der Waals surface area (Å²) >= 11 is 0. The van der Waals surface area contributed by atoms with Crippen LogP contribution < -0.4 is 0 Å². The van der Waals surface area contributed by atoms with Crippen LogP contribution in [0.5, 0.6) is 0 Å². The number of carboxylic acids is 1. The van der Waals surface area contributed by atoms with E-state index < -0.39 is 5.97 Å². The van der Waals surface area contributed by atoms with Crippen molar-refractivity contribution in [3.05, 3.63) is 0 Å². The lowest BCUT2D eigenvalue weighted by molar-refractivity contribution is -0.137. The Morgan fingerprint density at radius 2 is 1.76 bits per heavy atom. The summed E-state index contributed by atoms with van der Waals surface area (Å²) in [6.07, 6.45) is 4.02. The molecule has 0 aromatic rings. The number of hydrogen-bond donors (Lipinski definition) is 1. The van der Waals surface area contributed by atoms with E-state index in [1.165, 1.54) is 4.90 Å². The predicted octanol–water partition coefficient (Wildman–Crippen LogP) is 3.05. The Morgan fingerprint density at radius 1 is 1.19 bits per heavy atom. The number of rotatable bonds is 9. The zero-order chi connectivity index (χ0) is 16.0. The molecule has 0 saturated heterocycles. The maximum Gasteiger partial charge on any atom is 0.323 e. The van der Waals surface area contributed by atoms with Crippen LogP contribution in [-0.2, 0) is 4.79 Å². The molecule has 0 bridgehead atoms. The van der Waals surface area contributed by atoms with Crippen molar-refractivity contribution in [3.63, 3.8) is 0 Å². The summed E-state index contributed by atoms with van der Waals surface area (Å²) in [5.74, 6) is -0.0592. The molecule has 0 aromatic heterocycles. The van der Waals surface area contributed by atoms with E-state index in [2.05, 4.69) is 27.7 Å². The first-order valence-electron chi connectivity index (χ1n) is 8.16. The molecule has 122 valence electrons. The molecule has 21 heavy (non-hydrogen) atoms. The predicted molar refractivity (Wildman–Crippen MR) is 83.2 cm³/mol. The lowest BCUT2D eigenvalue weighted by Crippen LogP contribution is -2.51. The number of aliphatic carboxylic acids is 1. The van der Waals surface area contributed by atoms with Crippen LogP contribution in [0.25, 0.3) is 0 Å². The van der Waals surface area contributed by atoms with E-state index in [9.17, 15) is 9.59 Å². The van der Waals surface area contributed by atoms with Crippen molar-refractivity contribution in [1.29, 1.82) is 0 Å². The molecular weight excluding hydrogens is 268 g/mol. The van der Waals surface area contributed by atoms with Crippen LogP contribution in [0.3, 0.4) is 0 Å². The number of carboxylic acid groups (broad SMARTS) is 1. The molecular formula is C16H30N2O3. The van der Waals surface area contributed by atoms with E-state index in [4.69, 9.17) is 5.11 Å². The van der Waals surface area contributed by atoms with E-state index in [1.807, 2.05) is 4.90 Å². The summed E-state index contributed by atoms with van der Waals surface area (Å²) in [5.41, 5.74) is 0. The molecule has 0 aromatic carbocycles. The average molecular weight is 298 g/mol. The van der Waals surface area contributed by atoms with Gasteiger partial charge >= 0.3 is 12.0 Å². The third-order valence-corrected chi connectivity index (χ3v) is 3.96. The second-order valence-corrected chi connectivity index (χ2v) is 6.52. The number of carbonyl (C=O) groups is 2. The molecule has 1 N–H and O–H groups in total. The fourth-order valence-corrected chi connectivity index (χ4v) is 2.67. The van der Waals surface area contributed by atoms with Crippen LogP contribution in [0, 0.1) is 11.8 Å². The van der Waals surface area contributed by atoms with Crippen molar-refractivity contribution in [3.8, 4) is 0 Å². The molecule has 1 rings (SSSR count). The van der Waals surface area contributed by atoms with Crippen LogP contribution >= 0.6 is 0 Å². The van der Waals surface area contributed by atoms with Crippen LogP contribution in [0.2, 0.25) is 0 Å². The fourth-order valence-electron chi connectivity index (χ4n) is 2.67. The van der Waals surface area contributed by atoms with Crippen molar-refractivity contribution >= 4 is 12.0 Å². The Kier molecular flexibility index (Phi) is 6.99. The molecule has 0 heterocycles. The number of nitrogens with zero attached hydrogens (tertiary/aromatic N) is 2. The van der Waals surface area contributed by atoms with Crippen molar-refractivity contribution in [2.24, 2.45) is 11.8 Å². The largest absolute Gasteiger partial charge is 0.480 e. The Labute approximate surface area is 128 Å². The summed E-state index contributed by atoms with van der Waals surface area (Å²) in [6.45, 7) is 9.42. The smallest absolute Gasteiger partial charge is 0.323 e. The highest BCUT2D eigenvalue weighted by Crippen LogP contribution is 2.30. The topological polar surface area (TPSA) is 60.9 Å². The van der Waals surface area contributed by atoms with E-state index in [-0.39, 0.29) is 18.6 Å². The van der Waals surface area contributed by atoms with Crippen LogP contribution in [-0.4, -0.2) is 52.6 Å². The summed E-state index contributed by atoms with van der Waals surface area (Å²) in [4.78, 5) is 27.3. The molecule has 0 spiro atoms. The van der Waals surface area contributed by atoms with Gasteiger partial charge in [0.25, 0.3) is 0 Å². The maximum absolute atomic E-state index is 12.8. The lowest BCUT2D eigenvalue weighted by Gasteiger charge is -2.36. The number of amides is 2. The first kappa shape index (κ1) is 17.8. The van der Waals surface area contributed by atoms with Gasteiger partial charge in [0.1, 0.15) is 6.54 Å². The Morgan fingerprint density at radius 3 is 2.14 bits per heavy atom. The van der Waals surface area contributed by atoms with Gasteiger partial charge in [-0.1, -0.05) is 27.7 Å². The van der Waals surface area contributed by atoms with Crippen molar-refractivity contribution in [1.82, 2.24) is 9.80 Å². The monoisotopic (exact) mass is 298 g/mol. The Hall–Kier alpha value is -1.26. The maximum atomic E-state index is 12.8. The first-order valence-corrected chi connectivity index (χ1v) is 8.16. The Bertz CT molecular complexity index is 349. The SMILES string of the molecule is CCC(CC)N(CC(C)C)C(=O)N(CC(=O)O)CC1CC1. The highest BCUT2D eigenvalue weighted by atomic mass is 16.4. The molecule has 2 amide bonds. The summed E-state index contributed by atoms with van der Waals surface area (Å²) in [5, 5.41) is 9.07. The van der Waals surface area contributed by atoms with Gasteiger partial charge in [0.15, 0.2) is 0 Å². The average Bonchev–Trinajstić information content (AvgIpc) is 3.20. The van der Waals surface area contributed by atoms with E-state index in [1.54, 1.807) is 0 Å². The third-order valence-electron chi connectivity index (χ3n) is 3.96. The zero-order valence-electron chi connectivity index (χ0n) is 13.8. The lowest BCUT2D eigenvalue weighted by atomic mass is 10.1. The molecule has 5 nitrogen and oxygen atoms in total. The minimum Gasteiger partial charge on any atom is -0.480 e. The summed E-state index contributed by atoms with van der Waals surface area (Å²) in [7, 11) is 0. The van der Waals surface area contributed by atoms with Gasteiger partial charge in [-0.05, 0) is 37.5 Å². The first-order chi connectivity index (χ1) is 9.88. The number of urea groups is 1. The fraction of sp³-hybridized carbons (Fsp3) is 0.875. The third kappa shape index (κ3) is 5.94. The molecule has 0 unspecified atom stereocenters. The molecule has 1 saturated carbocycles. The molecule has 5 heteroatoms. The normalized spacial score (nSPS) is 14.6. The van der Waals surface area contributed by atoms with Gasteiger partial charge in [-0.2, -0.15) is 0 Å². The Balaban J connectivity index is 2.83. The van der Waals surface area contributed by atoms with Crippen LogP contribution in [0.1, 0.15) is 53.4 Å². The van der Waals surface area contributed by atoms with E-state index in [0.717, 1.165) is 25.7 Å². The van der Waals surface area contributed by atoms with Crippen molar-refractivity contribution in [2.75, 3.05) is 19.6 Å². The molecule has 0 atom stereocenters. The summed E-state index contributed by atoms with van der Waals surface area (Å²) in [6, 6.07) is 0.0853. The van der Waals surface area contributed by atoms with Gasteiger partial charge in [-0.25, -0.2) is 4.79 Å². The van der Waals surface area contributed by atoms with Gasteiger partial charge in [-0.15, -0.1) is 0 Å².